The summed E-state index contributed by atoms with van der Waals surface area (Å²) in [5.41, 5.74) is 1.70. The van der Waals surface area contributed by atoms with E-state index in [2.05, 4.69) is 10.1 Å². The molecule has 0 aromatic heterocycles. The first-order chi connectivity index (χ1) is 8.67. The number of carbonyl (C=O) groups is 1. The topological polar surface area (TPSA) is 47.6 Å². The highest BCUT2D eigenvalue weighted by atomic mass is 16.5. The van der Waals surface area contributed by atoms with Gasteiger partial charge in [0.1, 0.15) is 0 Å². The lowest BCUT2D eigenvalue weighted by Crippen LogP contribution is -2.26. The summed E-state index contributed by atoms with van der Waals surface area (Å²) in [5, 5.41) is 3.31. The van der Waals surface area contributed by atoms with Crippen molar-refractivity contribution < 1.29 is 14.3 Å². The van der Waals surface area contributed by atoms with Crippen molar-refractivity contribution in [3.63, 3.8) is 0 Å². The standard InChI is InChI=1S/C14H21NO3/c1-4-18-11(2)9-15-10-12-5-7-13(8-6-12)14(16)17-3/h5-8,11,15H,4,9-10H2,1-3H3. The van der Waals surface area contributed by atoms with Gasteiger partial charge in [-0.2, -0.15) is 0 Å². The van der Waals surface area contributed by atoms with Gasteiger partial charge in [-0.1, -0.05) is 12.1 Å². The molecule has 0 heterocycles. The molecule has 1 atom stereocenters. The number of methoxy groups -OCH3 is 1. The minimum absolute atomic E-state index is 0.212. The van der Waals surface area contributed by atoms with Crippen LogP contribution in [0.25, 0.3) is 0 Å². The van der Waals surface area contributed by atoms with Crippen LogP contribution in [0.3, 0.4) is 0 Å². The van der Waals surface area contributed by atoms with Crippen LogP contribution in [-0.4, -0.2) is 32.3 Å². The second kappa shape index (κ2) is 7.84. The normalized spacial score (nSPS) is 12.2. The first-order valence-electron chi connectivity index (χ1n) is 6.17. The molecule has 1 unspecified atom stereocenters. The summed E-state index contributed by atoms with van der Waals surface area (Å²) >= 11 is 0. The van der Waals surface area contributed by atoms with Crippen molar-refractivity contribution in [2.24, 2.45) is 0 Å². The van der Waals surface area contributed by atoms with Crippen LogP contribution in [0.5, 0.6) is 0 Å². The third-order valence-corrected chi connectivity index (χ3v) is 2.59. The lowest BCUT2D eigenvalue weighted by Gasteiger charge is -2.12. The Morgan fingerprint density at radius 3 is 2.56 bits per heavy atom. The summed E-state index contributed by atoms with van der Waals surface area (Å²) in [6.07, 6.45) is 0.212. The average Bonchev–Trinajstić information content (AvgIpc) is 2.39. The Balaban J connectivity index is 2.37. The maximum absolute atomic E-state index is 11.2. The molecule has 4 heteroatoms. The van der Waals surface area contributed by atoms with Crippen LogP contribution >= 0.6 is 0 Å². The van der Waals surface area contributed by atoms with Crippen molar-refractivity contribution in [3.05, 3.63) is 35.4 Å². The monoisotopic (exact) mass is 251 g/mol. The Morgan fingerprint density at radius 2 is 2.00 bits per heavy atom. The molecule has 18 heavy (non-hydrogen) atoms. The van der Waals surface area contributed by atoms with Gasteiger partial charge in [-0.05, 0) is 31.5 Å². The highest BCUT2D eigenvalue weighted by Gasteiger charge is 2.04. The molecule has 4 nitrogen and oxygen atoms in total. The number of carbonyl (C=O) groups excluding carboxylic acids is 1. The molecule has 0 spiro atoms. The number of rotatable bonds is 7. The van der Waals surface area contributed by atoms with Gasteiger partial charge in [0.25, 0.3) is 0 Å². The summed E-state index contributed by atoms with van der Waals surface area (Å²) in [7, 11) is 1.38. The van der Waals surface area contributed by atoms with Crippen LogP contribution in [0, 0.1) is 0 Å². The Kier molecular flexibility index (Phi) is 6.39. The fraction of sp³-hybridized carbons (Fsp3) is 0.500. The number of ether oxygens (including phenoxy) is 2. The average molecular weight is 251 g/mol. The van der Waals surface area contributed by atoms with Crippen molar-refractivity contribution in [2.45, 2.75) is 26.5 Å². The molecule has 0 aliphatic carbocycles. The summed E-state index contributed by atoms with van der Waals surface area (Å²) in [5.74, 6) is -0.306. The van der Waals surface area contributed by atoms with Gasteiger partial charge in [0.2, 0.25) is 0 Å². The van der Waals surface area contributed by atoms with Crippen LogP contribution < -0.4 is 5.32 Å². The van der Waals surface area contributed by atoms with E-state index in [1.165, 1.54) is 7.11 Å². The third kappa shape index (κ3) is 4.85. The highest BCUT2D eigenvalue weighted by molar-refractivity contribution is 5.89. The molecule has 100 valence electrons. The van der Waals surface area contributed by atoms with E-state index in [-0.39, 0.29) is 12.1 Å². The van der Waals surface area contributed by atoms with E-state index in [9.17, 15) is 4.79 Å². The Hall–Kier alpha value is -1.39. The molecule has 0 amide bonds. The van der Waals surface area contributed by atoms with Gasteiger partial charge in [0.15, 0.2) is 0 Å². The number of hydrogen-bond donors (Lipinski definition) is 1. The second-order valence-electron chi connectivity index (χ2n) is 4.09. The largest absolute Gasteiger partial charge is 0.465 e. The number of hydrogen-bond acceptors (Lipinski definition) is 4. The first kappa shape index (κ1) is 14.7. The summed E-state index contributed by atoms with van der Waals surface area (Å²) in [6, 6.07) is 7.39. The van der Waals surface area contributed by atoms with Crippen molar-refractivity contribution in [2.75, 3.05) is 20.3 Å². The fourth-order valence-corrected chi connectivity index (χ4v) is 1.64. The molecular weight excluding hydrogens is 230 g/mol. The van der Waals surface area contributed by atoms with Gasteiger partial charge >= 0.3 is 5.97 Å². The molecule has 0 aliphatic heterocycles. The number of benzene rings is 1. The van der Waals surface area contributed by atoms with E-state index in [0.717, 1.165) is 25.3 Å². The number of nitrogens with one attached hydrogen (secondary N) is 1. The smallest absolute Gasteiger partial charge is 0.337 e. The predicted molar refractivity (Wildman–Crippen MR) is 70.6 cm³/mol. The maximum Gasteiger partial charge on any atom is 0.337 e. The van der Waals surface area contributed by atoms with Crippen LogP contribution in [0.4, 0.5) is 0 Å². The van der Waals surface area contributed by atoms with Crippen LogP contribution in [0.2, 0.25) is 0 Å². The fourth-order valence-electron chi connectivity index (χ4n) is 1.64. The molecule has 0 saturated heterocycles. The lowest BCUT2D eigenvalue weighted by atomic mass is 10.1. The van der Waals surface area contributed by atoms with E-state index in [1.807, 2.05) is 26.0 Å². The lowest BCUT2D eigenvalue weighted by molar-refractivity contribution is 0.0600. The van der Waals surface area contributed by atoms with E-state index < -0.39 is 0 Å². The van der Waals surface area contributed by atoms with Gasteiger partial charge in [-0.25, -0.2) is 4.79 Å². The van der Waals surface area contributed by atoms with Crippen molar-refractivity contribution in [1.29, 1.82) is 0 Å². The van der Waals surface area contributed by atoms with E-state index in [0.29, 0.717) is 5.56 Å². The summed E-state index contributed by atoms with van der Waals surface area (Å²) < 4.78 is 10.1. The van der Waals surface area contributed by atoms with E-state index in [1.54, 1.807) is 12.1 Å². The van der Waals surface area contributed by atoms with E-state index >= 15 is 0 Å². The quantitative estimate of drug-likeness (QED) is 0.753. The molecule has 1 rings (SSSR count). The Bertz CT molecular complexity index is 362. The molecule has 0 bridgehead atoms. The van der Waals surface area contributed by atoms with Crippen LogP contribution in [0.15, 0.2) is 24.3 Å². The van der Waals surface area contributed by atoms with Crippen LogP contribution in [-0.2, 0) is 16.0 Å². The molecule has 1 aromatic carbocycles. The predicted octanol–water partition coefficient (Wildman–Crippen LogP) is 1.99. The molecule has 1 N–H and O–H groups in total. The van der Waals surface area contributed by atoms with Gasteiger partial charge in [-0.15, -0.1) is 0 Å². The zero-order chi connectivity index (χ0) is 13.4. The van der Waals surface area contributed by atoms with Crippen molar-refractivity contribution in [3.8, 4) is 0 Å². The van der Waals surface area contributed by atoms with Gasteiger partial charge < -0.3 is 14.8 Å². The summed E-state index contributed by atoms with van der Waals surface area (Å²) in [6.45, 7) is 6.33. The molecule has 1 aromatic rings. The number of esters is 1. The van der Waals surface area contributed by atoms with Crippen molar-refractivity contribution in [1.82, 2.24) is 5.32 Å². The Morgan fingerprint density at radius 1 is 1.33 bits per heavy atom. The molecule has 0 saturated carbocycles. The first-order valence-corrected chi connectivity index (χ1v) is 6.17. The van der Waals surface area contributed by atoms with Gasteiger partial charge in [0, 0.05) is 19.7 Å². The zero-order valence-electron chi connectivity index (χ0n) is 11.2. The van der Waals surface area contributed by atoms with Gasteiger partial charge in [0.05, 0.1) is 18.8 Å². The minimum atomic E-state index is -0.306. The second-order valence-corrected chi connectivity index (χ2v) is 4.09. The summed E-state index contributed by atoms with van der Waals surface area (Å²) in [4.78, 5) is 11.2. The van der Waals surface area contributed by atoms with E-state index in [4.69, 9.17) is 4.74 Å². The Labute approximate surface area is 108 Å². The zero-order valence-corrected chi connectivity index (χ0v) is 11.2. The molecule has 0 fully saturated rings. The third-order valence-electron chi connectivity index (χ3n) is 2.59. The molecule has 0 radical (unpaired) electrons. The van der Waals surface area contributed by atoms with Gasteiger partial charge in [-0.3, -0.25) is 0 Å². The van der Waals surface area contributed by atoms with Crippen LogP contribution in [0.1, 0.15) is 29.8 Å². The highest BCUT2D eigenvalue weighted by Crippen LogP contribution is 2.05. The molecular formula is C14H21NO3. The molecule has 0 aliphatic rings. The van der Waals surface area contributed by atoms with Crippen molar-refractivity contribution >= 4 is 5.97 Å². The maximum atomic E-state index is 11.2. The minimum Gasteiger partial charge on any atom is -0.465 e. The SMILES string of the molecule is CCOC(C)CNCc1ccc(C(=O)OC)cc1.